The Bertz CT molecular complexity index is 357. The third kappa shape index (κ3) is 2.38. The molecular weight excluding hydrogens is 188 g/mol. The van der Waals surface area contributed by atoms with Crippen LogP contribution in [0.2, 0.25) is 0 Å². The van der Waals surface area contributed by atoms with Crippen molar-refractivity contribution in [1.29, 1.82) is 0 Å². The number of aliphatic carboxylic acids is 1. The topological polar surface area (TPSA) is 37.3 Å². The highest BCUT2D eigenvalue weighted by molar-refractivity contribution is 5.68. The Hall–Kier alpha value is -1.31. The number of aryl methyl sites for hydroxylation is 1. The lowest BCUT2D eigenvalue weighted by molar-refractivity contribution is -0.137. The number of rotatable bonds is 2. The summed E-state index contributed by atoms with van der Waals surface area (Å²) in [4.78, 5) is 10.8. The van der Waals surface area contributed by atoms with Crippen LogP contribution in [0.4, 0.5) is 0 Å². The van der Waals surface area contributed by atoms with Gasteiger partial charge in [0.25, 0.3) is 0 Å². The summed E-state index contributed by atoms with van der Waals surface area (Å²) < 4.78 is 0. The van der Waals surface area contributed by atoms with Gasteiger partial charge in [0, 0.05) is 0 Å². The van der Waals surface area contributed by atoms with Gasteiger partial charge in [-0.05, 0) is 36.3 Å². The van der Waals surface area contributed by atoms with Crippen LogP contribution in [0.15, 0.2) is 24.3 Å². The van der Waals surface area contributed by atoms with Gasteiger partial charge < -0.3 is 5.11 Å². The summed E-state index contributed by atoms with van der Waals surface area (Å²) in [6, 6.07) is 8.28. The highest BCUT2D eigenvalue weighted by Gasteiger charge is 2.20. The number of carboxylic acid groups (broad SMARTS) is 1. The van der Waals surface area contributed by atoms with Crippen molar-refractivity contribution >= 4 is 5.97 Å². The number of hydrogen-bond acceptors (Lipinski definition) is 1. The monoisotopic (exact) mass is 204 g/mol. The second kappa shape index (κ2) is 4.47. The van der Waals surface area contributed by atoms with E-state index in [1.807, 2.05) is 12.1 Å². The first kappa shape index (κ1) is 10.2. The quantitative estimate of drug-likeness (QED) is 0.752. The van der Waals surface area contributed by atoms with Crippen molar-refractivity contribution < 1.29 is 9.90 Å². The Kier molecular flexibility index (Phi) is 3.05. The van der Waals surface area contributed by atoms with E-state index in [1.54, 1.807) is 0 Å². The second-order valence-corrected chi connectivity index (χ2v) is 4.24. The largest absolute Gasteiger partial charge is 0.481 e. The lowest BCUT2D eigenvalue weighted by Crippen LogP contribution is -2.06. The van der Waals surface area contributed by atoms with Crippen molar-refractivity contribution in [3.05, 3.63) is 35.4 Å². The smallest absolute Gasteiger partial charge is 0.303 e. The molecule has 80 valence electrons. The van der Waals surface area contributed by atoms with Crippen LogP contribution < -0.4 is 0 Å². The van der Waals surface area contributed by atoms with Gasteiger partial charge in [0.2, 0.25) is 0 Å². The van der Waals surface area contributed by atoms with Crippen LogP contribution in [-0.4, -0.2) is 11.1 Å². The normalized spacial score (nSPS) is 20.4. The molecule has 0 fully saturated rings. The molecule has 0 radical (unpaired) electrons. The van der Waals surface area contributed by atoms with Crippen LogP contribution in [0, 0.1) is 0 Å². The molecule has 2 rings (SSSR count). The van der Waals surface area contributed by atoms with Crippen molar-refractivity contribution in [1.82, 2.24) is 0 Å². The Morgan fingerprint density at radius 3 is 2.93 bits per heavy atom. The summed E-state index contributed by atoms with van der Waals surface area (Å²) in [6.07, 6.45) is 4.73. The summed E-state index contributed by atoms with van der Waals surface area (Å²) >= 11 is 0. The predicted octanol–water partition coefficient (Wildman–Crippen LogP) is 2.97. The summed E-state index contributed by atoms with van der Waals surface area (Å²) in [7, 11) is 0. The minimum atomic E-state index is -0.684. The van der Waals surface area contributed by atoms with E-state index < -0.39 is 5.97 Å². The number of carbonyl (C=O) groups is 1. The Morgan fingerprint density at radius 1 is 1.33 bits per heavy atom. The first-order chi connectivity index (χ1) is 7.27. The average molecular weight is 204 g/mol. The molecule has 1 atom stereocenters. The van der Waals surface area contributed by atoms with Gasteiger partial charge in [0.15, 0.2) is 0 Å². The van der Waals surface area contributed by atoms with Gasteiger partial charge >= 0.3 is 5.97 Å². The first-order valence-electron chi connectivity index (χ1n) is 5.57. The van der Waals surface area contributed by atoms with Gasteiger partial charge in [0.1, 0.15) is 0 Å². The van der Waals surface area contributed by atoms with E-state index in [2.05, 4.69) is 12.1 Å². The molecule has 1 aliphatic carbocycles. The lowest BCUT2D eigenvalue weighted by atomic mass is 9.90. The SMILES string of the molecule is O=C(O)CC1CCCCc2ccccc21. The summed E-state index contributed by atoms with van der Waals surface area (Å²) in [5.41, 5.74) is 2.61. The fraction of sp³-hybridized carbons (Fsp3) is 0.462. The van der Waals surface area contributed by atoms with Crippen molar-refractivity contribution in [2.75, 3.05) is 0 Å². The maximum atomic E-state index is 10.8. The molecule has 0 saturated heterocycles. The van der Waals surface area contributed by atoms with Gasteiger partial charge in [0.05, 0.1) is 6.42 Å². The zero-order chi connectivity index (χ0) is 10.7. The van der Waals surface area contributed by atoms with Crippen LogP contribution >= 0.6 is 0 Å². The fourth-order valence-corrected chi connectivity index (χ4v) is 2.44. The van der Waals surface area contributed by atoms with E-state index in [9.17, 15) is 4.79 Å². The van der Waals surface area contributed by atoms with E-state index in [-0.39, 0.29) is 12.3 Å². The van der Waals surface area contributed by atoms with Gasteiger partial charge in [-0.1, -0.05) is 30.7 Å². The van der Waals surface area contributed by atoms with Gasteiger partial charge in [-0.2, -0.15) is 0 Å². The highest BCUT2D eigenvalue weighted by atomic mass is 16.4. The summed E-state index contributed by atoms with van der Waals surface area (Å²) in [5, 5.41) is 8.88. The van der Waals surface area contributed by atoms with E-state index in [0.29, 0.717) is 0 Å². The lowest BCUT2D eigenvalue weighted by Gasteiger charge is -2.15. The van der Waals surface area contributed by atoms with E-state index in [1.165, 1.54) is 17.5 Å². The molecule has 1 unspecified atom stereocenters. The average Bonchev–Trinajstić information content (AvgIpc) is 2.41. The number of hydrogen-bond donors (Lipinski definition) is 1. The van der Waals surface area contributed by atoms with Crippen LogP contribution in [-0.2, 0) is 11.2 Å². The van der Waals surface area contributed by atoms with Gasteiger partial charge in [-0.3, -0.25) is 4.79 Å². The number of carboxylic acids is 1. The Morgan fingerprint density at radius 2 is 2.13 bits per heavy atom. The molecule has 0 aliphatic heterocycles. The molecule has 15 heavy (non-hydrogen) atoms. The fourth-order valence-electron chi connectivity index (χ4n) is 2.44. The van der Waals surface area contributed by atoms with E-state index in [0.717, 1.165) is 19.3 Å². The second-order valence-electron chi connectivity index (χ2n) is 4.24. The standard InChI is InChI=1S/C13H16O2/c14-13(15)9-11-7-2-1-5-10-6-3-4-8-12(10)11/h3-4,6,8,11H,1-2,5,7,9H2,(H,14,15). The van der Waals surface area contributed by atoms with Crippen LogP contribution in [0.5, 0.6) is 0 Å². The molecule has 2 nitrogen and oxygen atoms in total. The maximum absolute atomic E-state index is 10.8. The zero-order valence-electron chi connectivity index (χ0n) is 8.78. The van der Waals surface area contributed by atoms with Crippen LogP contribution in [0.3, 0.4) is 0 Å². The third-order valence-electron chi connectivity index (χ3n) is 3.16. The molecule has 0 heterocycles. The van der Waals surface area contributed by atoms with Crippen molar-refractivity contribution in [2.45, 2.75) is 38.0 Å². The Labute approximate surface area is 89.9 Å². The van der Waals surface area contributed by atoms with Crippen molar-refractivity contribution in [3.8, 4) is 0 Å². The molecule has 1 N–H and O–H groups in total. The van der Waals surface area contributed by atoms with Crippen LogP contribution in [0.25, 0.3) is 0 Å². The molecule has 1 aliphatic rings. The van der Waals surface area contributed by atoms with Crippen LogP contribution in [0.1, 0.15) is 42.7 Å². The minimum Gasteiger partial charge on any atom is -0.481 e. The van der Waals surface area contributed by atoms with Gasteiger partial charge in [-0.15, -0.1) is 0 Å². The zero-order valence-corrected chi connectivity index (χ0v) is 8.78. The van der Waals surface area contributed by atoms with E-state index >= 15 is 0 Å². The molecule has 1 aromatic rings. The summed E-state index contributed by atoms with van der Waals surface area (Å²) in [6.45, 7) is 0. The van der Waals surface area contributed by atoms with Crippen molar-refractivity contribution in [3.63, 3.8) is 0 Å². The molecule has 0 amide bonds. The van der Waals surface area contributed by atoms with E-state index in [4.69, 9.17) is 5.11 Å². The number of fused-ring (bicyclic) bond motifs is 1. The third-order valence-corrected chi connectivity index (χ3v) is 3.16. The number of benzene rings is 1. The highest BCUT2D eigenvalue weighted by Crippen LogP contribution is 2.32. The molecule has 2 heteroatoms. The molecule has 0 spiro atoms. The van der Waals surface area contributed by atoms with Crippen molar-refractivity contribution in [2.24, 2.45) is 0 Å². The molecular formula is C13H16O2. The molecule has 0 aromatic heterocycles. The molecule has 0 bridgehead atoms. The maximum Gasteiger partial charge on any atom is 0.303 e. The summed E-state index contributed by atoms with van der Waals surface area (Å²) in [5.74, 6) is -0.460. The van der Waals surface area contributed by atoms with Gasteiger partial charge in [-0.25, -0.2) is 0 Å². The molecule has 0 saturated carbocycles. The minimum absolute atomic E-state index is 0.223. The molecule has 1 aromatic carbocycles. The predicted molar refractivity (Wildman–Crippen MR) is 59.0 cm³/mol. The first-order valence-corrected chi connectivity index (χ1v) is 5.57. The Balaban J connectivity index is 2.28.